The molecule has 1 N–H and O–H groups in total. The Morgan fingerprint density at radius 1 is 0.804 bits per heavy atom. The molecule has 1 heterocycles. The highest BCUT2D eigenvalue weighted by Gasteiger charge is 2.74. The Morgan fingerprint density at radius 3 is 1.91 bits per heavy atom. The van der Waals surface area contributed by atoms with E-state index < -0.39 is 61.0 Å². The third kappa shape index (κ3) is 4.37. The first-order chi connectivity index (χ1) is 21.4. The summed E-state index contributed by atoms with van der Waals surface area (Å²) in [6.07, 6.45) is -11.0. The zero-order chi connectivity index (χ0) is 33.6. The van der Waals surface area contributed by atoms with Crippen LogP contribution in [0.4, 0.5) is 30.7 Å². The molecule has 0 aromatic heterocycles. The van der Waals surface area contributed by atoms with E-state index in [0.717, 1.165) is 6.07 Å². The average molecular weight is 676 g/mol. The number of piperidine rings is 1. The molecule has 7 rings (SSSR count). The fourth-order valence-electron chi connectivity index (χ4n) is 8.64. The molecular formula is C32H32F7NO5S. The van der Waals surface area contributed by atoms with Gasteiger partial charge in [0.25, 0.3) is 0 Å². The Hall–Kier alpha value is -3.16. The minimum atomic E-state index is -6.34. The fourth-order valence-corrected chi connectivity index (χ4v) is 11.1. The summed E-state index contributed by atoms with van der Waals surface area (Å²) in [6.45, 7) is 0.185. The number of alkyl halides is 7. The number of nitrogens with zero attached hydrogens (tertiary/aromatic N) is 1. The smallest absolute Gasteiger partial charge is 0.435 e. The van der Waals surface area contributed by atoms with Crippen LogP contribution in [0.25, 0.3) is 0 Å². The van der Waals surface area contributed by atoms with Crippen molar-refractivity contribution >= 4 is 21.7 Å². The monoisotopic (exact) mass is 675 g/mol. The maximum atomic E-state index is 15.1. The number of likely N-dealkylation sites (tertiary alicyclic amines) is 1. The Balaban J connectivity index is 1.49. The molecule has 6 nitrogen and oxygen atoms in total. The van der Waals surface area contributed by atoms with Crippen LogP contribution in [0.2, 0.25) is 0 Å². The lowest BCUT2D eigenvalue weighted by Gasteiger charge is -2.57. The van der Waals surface area contributed by atoms with Crippen molar-refractivity contribution in [3.05, 3.63) is 65.2 Å². The number of benzene rings is 2. The predicted molar refractivity (Wildman–Crippen MR) is 150 cm³/mol. The maximum absolute atomic E-state index is 15.1. The molecule has 1 aliphatic heterocycles. The fraction of sp³-hybridized carbons (Fsp3) is 0.562. The van der Waals surface area contributed by atoms with Gasteiger partial charge in [-0.1, -0.05) is 36.4 Å². The maximum Gasteiger partial charge on any atom is 0.435 e. The van der Waals surface area contributed by atoms with Crippen molar-refractivity contribution < 1.29 is 53.8 Å². The second-order valence-electron chi connectivity index (χ2n) is 13.3. The number of aliphatic carboxylic acids is 1. The van der Waals surface area contributed by atoms with Gasteiger partial charge in [-0.2, -0.15) is 26.3 Å². The van der Waals surface area contributed by atoms with E-state index in [1.54, 1.807) is 6.07 Å². The molecule has 2 aromatic carbocycles. The van der Waals surface area contributed by atoms with E-state index in [-0.39, 0.29) is 54.2 Å². The van der Waals surface area contributed by atoms with Gasteiger partial charge in [0.15, 0.2) is 9.84 Å². The van der Waals surface area contributed by atoms with Crippen LogP contribution >= 0.6 is 0 Å². The van der Waals surface area contributed by atoms with Crippen LogP contribution in [0.15, 0.2) is 53.4 Å². The first kappa shape index (κ1) is 32.8. The quantitative estimate of drug-likeness (QED) is 0.345. The van der Waals surface area contributed by atoms with E-state index in [1.165, 1.54) is 29.2 Å². The number of halogens is 7. The van der Waals surface area contributed by atoms with Gasteiger partial charge in [-0.3, -0.25) is 9.59 Å². The molecule has 1 amide bonds. The number of carboxylic acids is 1. The largest absolute Gasteiger partial charge is 0.481 e. The molecular weight excluding hydrogens is 643 g/mol. The number of fused-ring (bicyclic) bond motifs is 6. The molecule has 250 valence electrons. The van der Waals surface area contributed by atoms with Crippen LogP contribution in [0.1, 0.15) is 74.5 Å². The lowest BCUT2D eigenvalue weighted by Crippen LogP contribution is -2.65. The van der Waals surface area contributed by atoms with Crippen LogP contribution in [-0.4, -0.2) is 55.2 Å². The van der Waals surface area contributed by atoms with Crippen LogP contribution in [0.3, 0.4) is 0 Å². The molecule has 14 heteroatoms. The van der Waals surface area contributed by atoms with E-state index in [4.69, 9.17) is 0 Å². The van der Waals surface area contributed by atoms with E-state index in [2.05, 4.69) is 0 Å². The molecule has 46 heavy (non-hydrogen) atoms. The topological polar surface area (TPSA) is 91.8 Å². The SMILES string of the molecule is O=C(O)C12CCC(C(=O)N3CCCC4(S(=O)(=O)c5ccccc5)c5ccc(C(F)(C(F)(F)F)C(F)(F)F)cc5CCC34)(CC1)CC2. The zero-order valence-corrected chi connectivity index (χ0v) is 25.4. The summed E-state index contributed by atoms with van der Waals surface area (Å²) in [4.78, 5) is 27.8. The van der Waals surface area contributed by atoms with E-state index in [9.17, 15) is 49.5 Å². The number of carbonyl (C=O) groups excluding carboxylic acids is 1. The molecule has 3 saturated carbocycles. The molecule has 2 atom stereocenters. The van der Waals surface area contributed by atoms with Gasteiger partial charge >= 0.3 is 24.0 Å². The Labute approximate surface area is 260 Å². The van der Waals surface area contributed by atoms with Gasteiger partial charge < -0.3 is 10.0 Å². The van der Waals surface area contributed by atoms with Gasteiger partial charge in [-0.05, 0) is 87.5 Å². The number of sulfone groups is 1. The lowest BCUT2D eigenvalue weighted by atomic mass is 9.53. The number of hydrogen-bond donors (Lipinski definition) is 1. The highest BCUT2D eigenvalue weighted by Crippen LogP contribution is 2.60. The Morgan fingerprint density at radius 2 is 1.37 bits per heavy atom. The highest BCUT2D eigenvalue weighted by atomic mass is 32.2. The number of carboxylic acid groups (broad SMARTS) is 1. The van der Waals surface area contributed by atoms with Gasteiger partial charge in [0, 0.05) is 17.5 Å². The molecule has 4 fully saturated rings. The number of rotatable bonds is 5. The minimum Gasteiger partial charge on any atom is -0.481 e. The lowest BCUT2D eigenvalue weighted by molar-refractivity contribution is -0.348. The van der Waals surface area contributed by atoms with Gasteiger partial charge in [-0.25, -0.2) is 12.8 Å². The van der Waals surface area contributed by atoms with Crippen LogP contribution in [0.5, 0.6) is 0 Å². The van der Waals surface area contributed by atoms with Crippen molar-refractivity contribution in [2.75, 3.05) is 6.54 Å². The van der Waals surface area contributed by atoms with Crippen molar-refractivity contribution in [1.82, 2.24) is 4.90 Å². The molecule has 0 spiro atoms. The number of hydrogen-bond acceptors (Lipinski definition) is 4. The second kappa shape index (κ2) is 10.4. The van der Waals surface area contributed by atoms with Crippen molar-refractivity contribution in [1.29, 1.82) is 0 Å². The molecule has 0 radical (unpaired) electrons. The van der Waals surface area contributed by atoms with Crippen molar-refractivity contribution in [3.63, 3.8) is 0 Å². The summed E-state index contributed by atoms with van der Waals surface area (Å²) in [5.74, 6) is -1.21. The van der Waals surface area contributed by atoms with E-state index in [1.807, 2.05) is 0 Å². The summed E-state index contributed by atoms with van der Waals surface area (Å²) >= 11 is 0. The molecule has 1 saturated heterocycles. The third-order valence-electron chi connectivity index (χ3n) is 11.2. The van der Waals surface area contributed by atoms with Crippen LogP contribution in [-0.2, 0) is 36.3 Å². The molecule has 2 bridgehead atoms. The summed E-state index contributed by atoms with van der Waals surface area (Å²) < 4.78 is 125. The predicted octanol–water partition coefficient (Wildman–Crippen LogP) is 7.01. The number of carbonyl (C=O) groups is 2. The standard InChI is InChI=1S/C32H32F7NO5S/c33-30(31(34,35)36,32(37,38)39)21-8-9-23-20(19-21)7-10-24-29(23,46(44,45)22-5-2-1-3-6-22)11-4-18-40(24)25(41)27-12-15-28(16-13-27,17-14-27)26(42)43/h1-3,5-6,8-9,19,24H,4,7,10-18H2,(H,42,43). The van der Waals surface area contributed by atoms with E-state index in [0.29, 0.717) is 50.7 Å². The second-order valence-corrected chi connectivity index (χ2v) is 15.5. The molecule has 2 unspecified atom stereocenters. The van der Waals surface area contributed by atoms with Crippen LogP contribution < -0.4 is 0 Å². The first-order valence-electron chi connectivity index (χ1n) is 15.2. The number of aryl methyl sites for hydroxylation is 1. The Kier molecular flexibility index (Phi) is 7.42. The summed E-state index contributed by atoms with van der Waals surface area (Å²) in [5, 5.41) is 9.81. The average Bonchev–Trinajstić information content (AvgIpc) is 3.03. The minimum absolute atomic E-state index is 0.0461. The van der Waals surface area contributed by atoms with Crippen LogP contribution in [0, 0.1) is 10.8 Å². The van der Waals surface area contributed by atoms with Crippen molar-refractivity contribution in [2.45, 2.75) is 97.9 Å². The van der Waals surface area contributed by atoms with Gasteiger partial charge in [0.1, 0.15) is 4.75 Å². The summed E-state index contributed by atoms with van der Waals surface area (Å²) in [7, 11) is -4.45. The molecule has 2 aromatic rings. The van der Waals surface area contributed by atoms with Gasteiger partial charge in [0.2, 0.25) is 5.91 Å². The van der Waals surface area contributed by atoms with Gasteiger partial charge in [0.05, 0.1) is 16.4 Å². The summed E-state index contributed by atoms with van der Waals surface area (Å²) in [6, 6.07) is 7.92. The normalized spacial score (nSPS) is 30.0. The third-order valence-corrected chi connectivity index (χ3v) is 13.8. The zero-order valence-electron chi connectivity index (χ0n) is 24.6. The molecule has 5 aliphatic rings. The van der Waals surface area contributed by atoms with Crippen molar-refractivity contribution in [3.8, 4) is 0 Å². The molecule has 4 aliphatic carbocycles. The highest BCUT2D eigenvalue weighted by molar-refractivity contribution is 7.92. The van der Waals surface area contributed by atoms with Crippen molar-refractivity contribution in [2.24, 2.45) is 10.8 Å². The van der Waals surface area contributed by atoms with Gasteiger partial charge in [-0.15, -0.1) is 0 Å². The summed E-state index contributed by atoms with van der Waals surface area (Å²) in [5.41, 5.74) is -9.37. The Bertz CT molecular complexity index is 1640. The van der Waals surface area contributed by atoms with E-state index >= 15 is 4.39 Å². The number of amides is 1. The first-order valence-corrected chi connectivity index (χ1v) is 16.7.